The Hall–Kier alpha value is -0.710. The lowest BCUT2D eigenvalue weighted by Gasteiger charge is -1.88. The van der Waals surface area contributed by atoms with Crippen molar-refractivity contribution in [2.75, 3.05) is 20.9 Å². The molecule has 1 rings (SSSR count). The molecule has 0 spiro atoms. The Morgan fingerprint density at radius 1 is 1.62 bits per heavy atom. The number of methoxy groups -OCH3 is 1. The van der Waals surface area contributed by atoms with Gasteiger partial charge >= 0.3 is 0 Å². The first-order valence-electron chi connectivity index (χ1n) is 3.89. The predicted molar refractivity (Wildman–Crippen MR) is 55.4 cm³/mol. The van der Waals surface area contributed by atoms with Crippen LogP contribution in [0.1, 0.15) is 14.5 Å². The molecule has 0 atom stereocenters. The van der Waals surface area contributed by atoms with Crippen LogP contribution in [0.2, 0.25) is 0 Å². The lowest BCUT2D eigenvalue weighted by atomic mass is 10.5. The van der Waals surface area contributed by atoms with Crippen LogP contribution in [0, 0.1) is 6.92 Å². The monoisotopic (exact) mass is 201 g/mol. The number of ether oxygens (including phenoxy) is 1. The summed E-state index contributed by atoms with van der Waals surface area (Å²) in [5, 5.41) is 2.80. The fourth-order valence-electron chi connectivity index (χ4n) is 0.661. The highest BCUT2D eigenvalue weighted by atomic mass is 32.1. The fourth-order valence-corrected chi connectivity index (χ4v) is 1.35. The minimum Gasteiger partial charge on any atom is -0.370 e. The number of hydrogen-bond donors (Lipinski definition) is 1. The first-order chi connectivity index (χ1) is 6.24. The summed E-state index contributed by atoms with van der Waals surface area (Å²) in [6, 6.07) is 3.77. The van der Waals surface area contributed by atoms with Crippen LogP contribution < -0.4 is 5.32 Å². The zero-order chi connectivity index (χ0) is 10.1. The van der Waals surface area contributed by atoms with Crippen molar-refractivity contribution in [2.45, 2.75) is 6.92 Å². The molecule has 0 saturated carbocycles. The number of aldehydes is 1. The second-order valence-corrected chi connectivity index (χ2v) is 3.67. The zero-order valence-corrected chi connectivity index (χ0v) is 8.98. The predicted octanol–water partition coefficient (Wildman–Crippen LogP) is 1.68. The van der Waals surface area contributed by atoms with E-state index >= 15 is 0 Å². The highest BCUT2D eigenvalue weighted by molar-refractivity contribution is 7.13. The van der Waals surface area contributed by atoms with Gasteiger partial charge in [-0.15, -0.1) is 11.3 Å². The molecule has 1 heterocycles. The molecular weight excluding hydrogens is 186 g/mol. The Morgan fingerprint density at radius 2 is 2.31 bits per heavy atom. The van der Waals surface area contributed by atoms with Gasteiger partial charge in [0.2, 0.25) is 0 Å². The highest BCUT2D eigenvalue weighted by Gasteiger charge is 1.90. The van der Waals surface area contributed by atoms with E-state index in [0.29, 0.717) is 6.73 Å². The van der Waals surface area contributed by atoms with E-state index in [2.05, 4.69) is 10.1 Å². The van der Waals surface area contributed by atoms with Crippen molar-refractivity contribution in [2.24, 2.45) is 0 Å². The van der Waals surface area contributed by atoms with E-state index in [1.54, 1.807) is 7.11 Å². The van der Waals surface area contributed by atoms with E-state index in [4.69, 9.17) is 0 Å². The number of carbonyl (C=O) groups excluding carboxylic acids is 1. The largest absolute Gasteiger partial charge is 0.370 e. The normalized spacial score (nSPS) is 8.85. The molecule has 0 bridgehead atoms. The van der Waals surface area contributed by atoms with Gasteiger partial charge < -0.3 is 4.74 Å². The van der Waals surface area contributed by atoms with E-state index < -0.39 is 0 Å². The molecule has 0 saturated heterocycles. The molecule has 1 aromatic rings. The average molecular weight is 201 g/mol. The number of carbonyl (C=O) groups is 1. The van der Waals surface area contributed by atoms with Gasteiger partial charge in [-0.1, -0.05) is 0 Å². The number of nitrogens with one attached hydrogen (secondary N) is 1. The van der Waals surface area contributed by atoms with Crippen molar-refractivity contribution in [1.29, 1.82) is 0 Å². The van der Waals surface area contributed by atoms with Crippen molar-refractivity contribution in [3.8, 4) is 0 Å². The van der Waals surface area contributed by atoms with E-state index in [1.807, 2.05) is 26.1 Å². The third-order valence-corrected chi connectivity index (χ3v) is 2.09. The molecule has 0 aromatic carbocycles. The molecule has 0 unspecified atom stereocenters. The molecule has 1 N–H and O–H groups in total. The van der Waals surface area contributed by atoms with Crippen LogP contribution >= 0.6 is 11.3 Å². The lowest BCUT2D eigenvalue weighted by Crippen LogP contribution is -2.08. The van der Waals surface area contributed by atoms with E-state index in [9.17, 15) is 4.79 Å². The lowest BCUT2D eigenvalue weighted by molar-refractivity contribution is 0.112. The van der Waals surface area contributed by atoms with Crippen LogP contribution in [0.25, 0.3) is 0 Å². The second-order valence-electron chi connectivity index (χ2n) is 2.35. The Bertz CT molecular complexity index is 233. The smallest absolute Gasteiger partial charge is 0.160 e. The summed E-state index contributed by atoms with van der Waals surface area (Å²) in [5.41, 5.74) is 0. The van der Waals surface area contributed by atoms with Crippen LogP contribution in [0.4, 0.5) is 0 Å². The average Bonchev–Trinajstić information content (AvgIpc) is 2.54. The maximum absolute atomic E-state index is 10.0. The molecule has 1 aromatic heterocycles. The van der Waals surface area contributed by atoms with Crippen molar-refractivity contribution in [3.05, 3.63) is 21.9 Å². The van der Waals surface area contributed by atoms with Gasteiger partial charge in [0.05, 0.1) is 11.6 Å². The fraction of sp³-hybridized carbons (Fsp3) is 0.444. The standard InChI is InChI=1S/C6H6OS.C3H9NO/c1-5-2-3-6(4-7)8-5;1-4-3-5-2/h2-4H,1H3;4H,3H2,1-2H3. The zero-order valence-electron chi connectivity index (χ0n) is 8.16. The molecule has 3 nitrogen and oxygen atoms in total. The van der Waals surface area contributed by atoms with Gasteiger partial charge in [-0.2, -0.15) is 0 Å². The molecule has 0 fully saturated rings. The Morgan fingerprint density at radius 3 is 2.46 bits per heavy atom. The Balaban J connectivity index is 0.000000252. The van der Waals surface area contributed by atoms with Crippen LogP contribution in [-0.4, -0.2) is 27.2 Å². The minimum atomic E-state index is 0.639. The van der Waals surface area contributed by atoms with Crippen LogP contribution in [0.3, 0.4) is 0 Å². The second kappa shape index (κ2) is 7.91. The molecule has 0 amide bonds. The van der Waals surface area contributed by atoms with Crippen molar-refractivity contribution < 1.29 is 9.53 Å². The van der Waals surface area contributed by atoms with Gasteiger partial charge in [-0.25, -0.2) is 0 Å². The van der Waals surface area contributed by atoms with Crippen LogP contribution in [0.15, 0.2) is 12.1 Å². The Labute approximate surface area is 82.7 Å². The van der Waals surface area contributed by atoms with E-state index in [1.165, 1.54) is 16.2 Å². The molecule has 0 aliphatic rings. The third-order valence-electron chi connectivity index (χ3n) is 1.17. The van der Waals surface area contributed by atoms with Crippen LogP contribution in [0.5, 0.6) is 0 Å². The van der Waals surface area contributed by atoms with Crippen molar-refractivity contribution >= 4 is 17.6 Å². The molecule has 0 aliphatic heterocycles. The number of rotatable bonds is 3. The number of aryl methyl sites for hydroxylation is 1. The summed E-state index contributed by atoms with van der Waals surface area (Å²) in [6.45, 7) is 2.62. The maximum Gasteiger partial charge on any atom is 0.160 e. The first kappa shape index (κ1) is 12.3. The van der Waals surface area contributed by atoms with E-state index in [-0.39, 0.29) is 0 Å². The van der Waals surface area contributed by atoms with E-state index in [0.717, 1.165) is 11.2 Å². The van der Waals surface area contributed by atoms with Gasteiger partial charge in [0.25, 0.3) is 0 Å². The summed E-state index contributed by atoms with van der Waals surface area (Å²) in [7, 11) is 3.49. The SMILES string of the molecule is CNCOC.Cc1ccc(C=O)s1. The number of thiophene rings is 1. The molecule has 0 radical (unpaired) electrons. The van der Waals surface area contributed by atoms with Gasteiger partial charge in [-0.05, 0) is 26.1 Å². The summed E-state index contributed by atoms with van der Waals surface area (Å²) in [6.07, 6.45) is 0.873. The van der Waals surface area contributed by atoms with Gasteiger partial charge in [0.15, 0.2) is 6.29 Å². The molecular formula is C9H15NO2S. The molecule has 4 heteroatoms. The van der Waals surface area contributed by atoms with Gasteiger partial charge in [0, 0.05) is 12.0 Å². The van der Waals surface area contributed by atoms with Gasteiger partial charge in [-0.3, -0.25) is 10.1 Å². The summed E-state index contributed by atoms with van der Waals surface area (Å²) in [4.78, 5) is 12.0. The van der Waals surface area contributed by atoms with Crippen molar-refractivity contribution in [3.63, 3.8) is 0 Å². The maximum atomic E-state index is 10.0. The third kappa shape index (κ3) is 6.45. The molecule has 0 aliphatic carbocycles. The quantitative estimate of drug-likeness (QED) is 0.597. The highest BCUT2D eigenvalue weighted by Crippen LogP contribution is 2.11. The minimum absolute atomic E-state index is 0.639. The number of hydrogen-bond acceptors (Lipinski definition) is 4. The molecule has 13 heavy (non-hydrogen) atoms. The summed E-state index contributed by atoms with van der Waals surface area (Å²) in [5.74, 6) is 0. The summed E-state index contributed by atoms with van der Waals surface area (Å²) < 4.78 is 4.58. The summed E-state index contributed by atoms with van der Waals surface area (Å²) >= 11 is 1.52. The van der Waals surface area contributed by atoms with Crippen molar-refractivity contribution in [1.82, 2.24) is 5.32 Å². The topological polar surface area (TPSA) is 38.3 Å². The first-order valence-corrected chi connectivity index (χ1v) is 4.71. The molecule has 74 valence electrons. The Kier molecular flexibility index (Phi) is 7.48. The van der Waals surface area contributed by atoms with Gasteiger partial charge in [0.1, 0.15) is 0 Å². The van der Waals surface area contributed by atoms with Crippen LogP contribution in [-0.2, 0) is 4.74 Å².